The first kappa shape index (κ1) is 15.1. The maximum atomic E-state index is 6.23. The van der Waals surface area contributed by atoms with Gasteiger partial charge in [0.15, 0.2) is 16.7 Å². The first-order chi connectivity index (χ1) is 9.52. The molecule has 2 N–H and O–H groups in total. The average molecular weight is 300 g/mol. The van der Waals surface area contributed by atoms with Crippen LogP contribution in [0.1, 0.15) is 20.8 Å². The second kappa shape index (κ2) is 6.45. The number of halogens is 1. The SMILES string of the molecule is COc1c(Cl)nc(N2CCNCC2C)nc1NC(C)C. The molecule has 2 heterocycles. The van der Waals surface area contributed by atoms with Gasteiger partial charge in [-0.3, -0.25) is 0 Å². The number of rotatable bonds is 4. The number of hydrogen-bond donors (Lipinski definition) is 2. The van der Waals surface area contributed by atoms with Crippen LogP contribution in [0.15, 0.2) is 0 Å². The quantitative estimate of drug-likeness (QED) is 0.826. The van der Waals surface area contributed by atoms with Crippen molar-refractivity contribution in [2.24, 2.45) is 0 Å². The molecule has 1 aromatic heterocycles. The first-order valence-electron chi connectivity index (χ1n) is 6.88. The van der Waals surface area contributed by atoms with Crippen LogP contribution >= 0.6 is 11.6 Å². The molecule has 7 heteroatoms. The Balaban J connectivity index is 2.36. The van der Waals surface area contributed by atoms with Crippen molar-refractivity contribution in [2.75, 3.05) is 37.0 Å². The van der Waals surface area contributed by atoms with Crippen molar-refractivity contribution in [3.63, 3.8) is 0 Å². The van der Waals surface area contributed by atoms with E-state index >= 15 is 0 Å². The van der Waals surface area contributed by atoms with E-state index in [9.17, 15) is 0 Å². The van der Waals surface area contributed by atoms with Crippen LogP contribution in [0.3, 0.4) is 0 Å². The van der Waals surface area contributed by atoms with Crippen molar-refractivity contribution in [3.05, 3.63) is 5.15 Å². The molecule has 112 valence electrons. The maximum absolute atomic E-state index is 6.23. The van der Waals surface area contributed by atoms with Gasteiger partial charge in [-0.1, -0.05) is 11.6 Å². The molecule has 0 amide bonds. The zero-order valence-corrected chi connectivity index (χ0v) is 13.2. The van der Waals surface area contributed by atoms with E-state index < -0.39 is 0 Å². The van der Waals surface area contributed by atoms with Gasteiger partial charge in [0.2, 0.25) is 5.95 Å². The summed E-state index contributed by atoms with van der Waals surface area (Å²) in [6.45, 7) is 8.93. The van der Waals surface area contributed by atoms with E-state index in [0.717, 1.165) is 19.6 Å². The minimum Gasteiger partial charge on any atom is -0.490 e. The number of aromatic nitrogens is 2. The highest BCUT2D eigenvalue weighted by molar-refractivity contribution is 6.31. The van der Waals surface area contributed by atoms with Crippen molar-refractivity contribution in [1.29, 1.82) is 0 Å². The van der Waals surface area contributed by atoms with Gasteiger partial charge in [-0.2, -0.15) is 9.97 Å². The number of methoxy groups -OCH3 is 1. The molecular weight excluding hydrogens is 278 g/mol. The molecule has 2 rings (SSSR count). The molecule has 1 aromatic rings. The fraction of sp³-hybridized carbons (Fsp3) is 0.692. The second-order valence-corrected chi connectivity index (χ2v) is 5.60. The van der Waals surface area contributed by atoms with Crippen molar-refractivity contribution < 1.29 is 4.74 Å². The lowest BCUT2D eigenvalue weighted by atomic mass is 10.2. The van der Waals surface area contributed by atoms with Crippen LogP contribution in [0.5, 0.6) is 5.75 Å². The minimum atomic E-state index is 0.239. The van der Waals surface area contributed by atoms with E-state index in [2.05, 4.69) is 32.4 Å². The summed E-state index contributed by atoms with van der Waals surface area (Å²) < 4.78 is 5.30. The number of nitrogens with zero attached hydrogens (tertiary/aromatic N) is 3. The van der Waals surface area contributed by atoms with Crippen molar-refractivity contribution >= 4 is 23.4 Å². The van der Waals surface area contributed by atoms with Gasteiger partial charge in [0.05, 0.1) is 7.11 Å². The lowest BCUT2D eigenvalue weighted by molar-refractivity contribution is 0.412. The largest absolute Gasteiger partial charge is 0.490 e. The van der Waals surface area contributed by atoms with E-state index in [1.165, 1.54) is 0 Å². The average Bonchev–Trinajstić information content (AvgIpc) is 2.38. The molecule has 0 aliphatic carbocycles. The molecule has 1 aliphatic rings. The van der Waals surface area contributed by atoms with E-state index in [-0.39, 0.29) is 6.04 Å². The van der Waals surface area contributed by atoms with Crippen LogP contribution in [0, 0.1) is 0 Å². The highest BCUT2D eigenvalue weighted by Gasteiger charge is 2.23. The highest BCUT2D eigenvalue weighted by Crippen LogP contribution is 2.32. The Kier molecular flexibility index (Phi) is 4.88. The Morgan fingerprint density at radius 3 is 2.80 bits per heavy atom. The molecule has 0 bridgehead atoms. The summed E-state index contributed by atoms with van der Waals surface area (Å²) in [5.41, 5.74) is 0. The Labute approximate surface area is 124 Å². The summed E-state index contributed by atoms with van der Waals surface area (Å²) in [6.07, 6.45) is 0. The molecule has 0 saturated carbocycles. The summed E-state index contributed by atoms with van der Waals surface area (Å²) in [4.78, 5) is 11.1. The fourth-order valence-electron chi connectivity index (χ4n) is 2.23. The predicted molar refractivity (Wildman–Crippen MR) is 82.0 cm³/mol. The molecule has 1 atom stereocenters. The van der Waals surface area contributed by atoms with Gasteiger partial charge in [-0.25, -0.2) is 0 Å². The van der Waals surface area contributed by atoms with Gasteiger partial charge in [0.25, 0.3) is 0 Å². The van der Waals surface area contributed by atoms with Crippen LogP contribution < -0.4 is 20.3 Å². The lowest BCUT2D eigenvalue weighted by Crippen LogP contribution is -2.50. The summed E-state index contributed by atoms with van der Waals surface area (Å²) in [5.74, 6) is 1.78. The van der Waals surface area contributed by atoms with Crippen molar-refractivity contribution in [3.8, 4) is 5.75 Å². The second-order valence-electron chi connectivity index (χ2n) is 5.24. The third-order valence-electron chi connectivity index (χ3n) is 3.20. The van der Waals surface area contributed by atoms with Crippen LogP contribution in [0.25, 0.3) is 0 Å². The third kappa shape index (κ3) is 3.24. The van der Waals surface area contributed by atoms with Gasteiger partial charge in [-0.05, 0) is 20.8 Å². The smallest absolute Gasteiger partial charge is 0.229 e. The molecular formula is C13H22ClN5O. The normalized spacial score (nSPS) is 19.3. The molecule has 0 aromatic carbocycles. The van der Waals surface area contributed by atoms with Crippen LogP contribution in [0.4, 0.5) is 11.8 Å². The number of nitrogens with one attached hydrogen (secondary N) is 2. The van der Waals surface area contributed by atoms with Crippen LogP contribution in [0.2, 0.25) is 5.15 Å². The monoisotopic (exact) mass is 299 g/mol. The Morgan fingerprint density at radius 1 is 1.45 bits per heavy atom. The van der Waals surface area contributed by atoms with Gasteiger partial charge in [-0.15, -0.1) is 0 Å². The Hall–Kier alpha value is -1.27. The molecule has 0 spiro atoms. The van der Waals surface area contributed by atoms with E-state index in [4.69, 9.17) is 16.3 Å². The highest BCUT2D eigenvalue weighted by atomic mass is 35.5. The van der Waals surface area contributed by atoms with E-state index in [1.807, 2.05) is 13.8 Å². The van der Waals surface area contributed by atoms with Crippen LogP contribution in [-0.2, 0) is 0 Å². The van der Waals surface area contributed by atoms with Crippen molar-refractivity contribution in [1.82, 2.24) is 15.3 Å². The van der Waals surface area contributed by atoms with Crippen molar-refractivity contribution in [2.45, 2.75) is 32.9 Å². The molecule has 1 aliphatic heterocycles. The predicted octanol–water partition coefficient (Wildman–Crippen LogP) is 1.76. The number of ether oxygens (including phenoxy) is 1. The number of piperazine rings is 1. The fourth-order valence-corrected chi connectivity index (χ4v) is 2.47. The van der Waals surface area contributed by atoms with Gasteiger partial charge >= 0.3 is 0 Å². The standard InChI is InChI=1S/C13H22ClN5O/c1-8(2)16-12-10(20-4)11(14)17-13(18-12)19-6-5-15-7-9(19)3/h8-9,15H,5-7H2,1-4H3,(H,16,17,18). The lowest BCUT2D eigenvalue weighted by Gasteiger charge is -2.34. The molecule has 0 radical (unpaired) electrons. The van der Waals surface area contributed by atoms with Gasteiger partial charge in [0, 0.05) is 31.7 Å². The van der Waals surface area contributed by atoms with E-state index in [0.29, 0.717) is 28.7 Å². The Bertz CT molecular complexity index is 468. The zero-order valence-electron chi connectivity index (χ0n) is 12.4. The summed E-state index contributed by atoms with van der Waals surface area (Å²) >= 11 is 6.23. The Morgan fingerprint density at radius 2 is 2.20 bits per heavy atom. The molecule has 6 nitrogen and oxygen atoms in total. The van der Waals surface area contributed by atoms with Gasteiger partial charge in [0.1, 0.15) is 0 Å². The topological polar surface area (TPSA) is 62.3 Å². The molecule has 1 unspecified atom stereocenters. The maximum Gasteiger partial charge on any atom is 0.229 e. The molecule has 20 heavy (non-hydrogen) atoms. The summed E-state index contributed by atoms with van der Waals surface area (Å²) in [7, 11) is 1.57. The third-order valence-corrected chi connectivity index (χ3v) is 3.46. The molecule has 1 saturated heterocycles. The van der Waals surface area contributed by atoms with Gasteiger partial charge < -0.3 is 20.3 Å². The van der Waals surface area contributed by atoms with E-state index in [1.54, 1.807) is 7.11 Å². The molecule has 1 fully saturated rings. The zero-order chi connectivity index (χ0) is 14.7. The number of hydrogen-bond acceptors (Lipinski definition) is 6. The summed E-state index contributed by atoms with van der Waals surface area (Å²) in [6, 6.07) is 0.572. The minimum absolute atomic E-state index is 0.239. The van der Waals surface area contributed by atoms with Crippen LogP contribution in [-0.4, -0.2) is 48.8 Å². The number of anilines is 2. The first-order valence-corrected chi connectivity index (χ1v) is 7.26. The summed E-state index contributed by atoms with van der Waals surface area (Å²) in [5, 5.41) is 6.94.